The van der Waals surface area contributed by atoms with Gasteiger partial charge in [-0.3, -0.25) is 15.1 Å². The van der Waals surface area contributed by atoms with Gasteiger partial charge in [0.05, 0.1) is 23.3 Å². The Balaban J connectivity index is 1.75. The number of carbonyl (C=O) groups excluding carboxylic acids is 1. The maximum atomic E-state index is 12.3. The van der Waals surface area contributed by atoms with Gasteiger partial charge in [0.1, 0.15) is 0 Å². The number of hydrogen-bond donors (Lipinski definition) is 0. The maximum Gasteiger partial charge on any atom is 0.343 e. The smallest absolute Gasteiger partial charge is 0.343 e. The Bertz CT molecular complexity index is 1010. The van der Waals surface area contributed by atoms with Crippen LogP contribution in [0.4, 0.5) is 5.69 Å². The molecule has 0 atom stereocenters. The van der Waals surface area contributed by atoms with E-state index in [9.17, 15) is 14.9 Å². The van der Waals surface area contributed by atoms with Crippen molar-refractivity contribution in [1.29, 1.82) is 0 Å². The summed E-state index contributed by atoms with van der Waals surface area (Å²) in [7, 11) is 1.48. The molecule has 0 bridgehead atoms. The lowest BCUT2D eigenvalue weighted by atomic mass is 10.1. The van der Waals surface area contributed by atoms with Gasteiger partial charge >= 0.3 is 5.97 Å². The zero-order valence-corrected chi connectivity index (χ0v) is 14.9. The largest absolute Gasteiger partial charge is 0.493 e. The highest BCUT2D eigenvalue weighted by molar-refractivity contribution is 5.91. The van der Waals surface area contributed by atoms with E-state index >= 15 is 0 Å². The van der Waals surface area contributed by atoms with Crippen molar-refractivity contribution in [2.24, 2.45) is 0 Å². The van der Waals surface area contributed by atoms with Crippen molar-refractivity contribution in [2.75, 3.05) is 7.11 Å². The maximum absolute atomic E-state index is 12.3. The van der Waals surface area contributed by atoms with E-state index in [0.29, 0.717) is 5.75 Å². The molecule has 0 radical (unpaired) electrons. The molecule has 0 aliphatic carbocycles. The molecule has 0 saturated carbocycles. The number of benzene rings is 2. The molecule has 0 unspecified atom stereocenters. The molecule has 2 aromatic carbocycles. The number of ether oxygens (including phenoxy) is 2. The van der Waals surface area contributed by atoms with Crippen LogP contribution in [0, 0.1) is 10.1 Å². The standard InChI is InChI=1S/C21H16N2O5/c1-27-20-14-15(5-9-17-4-2-3-13-22-17)6-12-19(20)28-21(24)16-7-10-18(11-8-16)23(25)26/h2-14H,1H3/b9-5+. The summed E-state index contributed by atoms with van der Waals surface area (Å²) in [6.07, 6.45) is 5.44. The average molecular weight is 376 g/mol. The monoisotopic (exact) mass is 376 g/mol. The van der Waals surface area contributed by atoms with Crippen LogP contribution in [0.5, 0.6) is 11.5 Å². The van der Waals surface area contributed by atoms with Gasteiger partial charge in [-0.15, -0.1) is 0 Å². The second-order valence-electron chi connectivity index (χ2n) is 5.69. The Morgan fingerprint density at radius 1 is 1.04 bits per heavy atom. The molecule has 3 aromatic rings. The number of esters is 1. The van der Waals surface area contributed by atoms with Gasteiger partial charge in [-0.25, -0.2) is 4.79 Å². The Hall–Kier alpha value is -4.00. The molecular weight excluding hydrogens is 360 g/mol. The predicted octanol–water partition coefficient (Wildman–Crippen LogP) is 4.39. The molecule has 7 heteroatoms. The first-order valence-electron chi connectivity index (χ1n) is 8.30. The molecule has 7 nitrogen and oxygen atoms in total. The molecule has 0 aliphatic rings. The van der Waals surface area contributed by atoms with Crippen molar-refractivity contribution in [3.63, 3.8) is 0 Å². The quantitative estimate of drug-likeness (QED) is 0.274. The predicted molar refractivity (Wildman–Crippen MR) is 104 cm³/mol. The molecule has 0 fully saturated rings. The SMILES string of the molecule is COc1cc(/C=C/c2ccccn2)ccc1OC(=O)c1ccc([N+](=O)[O-])cc1. The number of nitro benzene ring substituents is 1. The summed E-state index contributed by atoms with van der Waals surface area (Å²) in [5.41, 5.74) is 1.76. The molecule has 0 saturated heterocycles. The molecule has 0 amide bonds. The van der Waals surface area contributed by atoms with Gasteiger partial charge in [-0.05, 0) is 48.0 Å². The van der Waals surface area contributed by atoms with Gasteiger partial charge < -0.3 is 9.47 Å². The highest BCUT2D eigenvalue weighted by Gasteiger charge is 2.14. The topological polar surface area (TPSA) is 91.6 Å². The summed E-state index contributed by atoms with van der Waals surface area (Å²) < 4.78 is 10.7. The van der Waals surface area contributed by atoms with E-state index in [1.807, 2.05) is 30.4 Å². The number of non-ortho nitro benzene ring substituents is 1. The zero-order chi connectivity index (χ0) is 19.9. The average Bonchev–Trinajstić information content (AvgIpc) is 2.73. The number of carbonyl (C=O) groups is 1. The number of nitrogens with zero attached hydrogens (tertiary/aromatic N) is 2. The van der Waals surface area contributed by atoms with Crippen LogP contribution in [-0.4, -0.2) is 23.0 Å². The molecule has 0 spiro atoms. The Labute approximate surface area is 161 Å². The van der Waals surface area contributed by atoms with Crippen molar-refractivity contribution in [1.82, 2.24) is 4.98 Å². The fraction of sp³-hybridized carbons (Fsp3) is 0.0476. The first-order chi connectivity index (χ1) is 13.6. The highest BCUT2D eigenvalue weighted by atomic mass is 16.6. The summed E-state index contributed by atoms with van der Waals surface area (Å²) in [5.74, 6) is 0.00393. The van der Waals surface area contributed by atoms with Crippen molar-refractivity contribution >= 4 is 23.8 Å². The van der Waals surface area contributed by atoms with Crippen molar-refractivity contribution in [3.8, 4) is 11.5 Å². The van der Waals surface area contributed by atoms with Crippen molar-refractivity contribution < 1.29 is 19.2 Å². The lowest BCUT2D eigenvalue weighted by molar-refractivity contribution is -0.384. The number of methoxy groups -OCH3 is 1. The summed E-state index contributed by atoms with van der Waals surface area (Å²) in [6.45, 7) is 0. The highest BCUT2D eigenvalue weighted by Crippen LogP contribution is 2.29. The minimum atomic E-state index is -0.634. The summed E-state index contributed by atoms with van der Waals surface area (Å²) in [5, 5.41) is 10.7. The van der Waals surface area contributed by atoms with Gasteiger partial charge in [0.15, 0.2) is 11.5 Å². The first-order valence-corrected chi connectivity index (χ1v) is 8.30. The fourth-order valence-electron chi connectivity index (χ4n) is 2.41. The van der Waals surface area contributed by atoms with Gasteiger partial charge in [-0.1, -0.05) is 18.2 Å². The van der Waals surface area contributed by atoms with Gasteiger partial charge in [0.2, 0.25) is 0 Å². The van der Waals surface area contributed by atoms with E-state index < -0.39 is 10.9 Å². The molecule has 0 N–H and O–H groups in total. The van der Waals surface area contributed by atoms with Gasteiger partial charge in [0.25, 0.3) is 5.69 Å². The number of hydrogen-bond acceptors (Lipinski definition) is 6. The fourth-order valence-corrected chi connectivity index (χ4v) is 2.41. The van der Waals surface area contributed by atoms with Crippen LogP contribution >= 0.6 is 0 Å². The normalized spacial score (nSPS) is 10.6. The van der Waals surface area contributed by atoms with E-state index in [1.165, 1.54) is 31.4 Å². The van der Waals surface area contributed by atoms with E-state index in [-0.39, 0.29) is 17.0 Å². The molecule has 28 heavy (non-hydrogen) atoms. The Morgan fingerprint density at radius 3 is 2.46 bits per heavy atom. The zero-order valence-electron chi connectivity index (χ0n) is 14.9. The summed E-state index contributed by atoms with van der Waals surface area (Å²) >= 11 is 0. The van der Waals surface area contributed by atoms with Crippen LogP contribution in [0.25, 0.3) is 12.2 Å². The summed E-state index contributed by atoms with van der Waals surface area (Å²) in [6, 6.07) is 15.9. The first kappa shape index (κ1) is 18.8. The van der Waals surface area contributed by atoms with E-state index in [4.69, 9.17) is 9.47 Å². The summed E-state index contributed by atoms with van der Waals surface area (Å²) in [4.78, 5) is 26.7. The van der Waals surface area contributed by atoms with Crippen LogP contribution in [-0.2, 0) is 0 Å². The molecule has 0 aliphatic heterocycles. The number of nitro groups is 1. The minimum absolute atomic E-state index is 0.0989. The second-order valence-corrected chi connectivity index (χ2v) is 5.69. The van der Waals surface area contributed by atoms with E-state index in [2.05, 4.69) is 4.98 Å². The molecule has 140 valence electrons. The molecule has 1 aromatic heterocycles. The minimum Gasteiger partial charge on any atom is -0.493 e. The third kappa shape index (κ3) is 4.59. The molecule has 3 rings (SSSR count). The van der Waals surface area contributed by atoms with Crippen molar-refractivity contribution in [2.45, 2.75) is 0 Å². The number of rotatable bonds is 6. The van der Waals surface area contributed by atoms with E-state index in [1.54, 1.807) is 24.4 Å². The third-order valence-electron chi connectivity index (χ3n) is 3.84. The third-order valence-corrected chi connectivity index (χ3v) is 3.84. The Morgan fingerprint density at radius 2 is 1.82 bits per heavy atom. The van der Waals surface area contributed by atoms with Crippen molar-refractivity contribution in [3.05, 3.63) is 93.8 Å². The van der Waals surface area contributed by atoms with Crippen LogP contribution in [0.15, 0.2) is 66.9 Å². The van der Waals surface area contributed by atoms with Crippen LogP contribution in [0.1, 0.15) is 21.6 Å². The van der Waals surface area contributed by atoms with Crippen LogP contribution in [0.2, 0.25) is 0 Å². The van der Waals surface area contributed by atoms with Crippen LogP contribution < -0.4 is 9.47 Å². The van der Waals surface area contributed by atoms with Gasteiger partial charge in [0, 0.05) is 18.3 Å². The molecular formula is C21H16N2O5. The number of aromatic nitrogens is 1. The lowest BCUT2D eigenvalue weighted by Crippen LogP contribution is -2.09. The van der Waals surface area contributed by atoms with E-state index in [0.717, 1.165) is 11.3 Å². The number of pyridine rings is 1. The lowest BCUT2D eigenvalue weighted by Gasteiger charge is -2.10. The Kier molecular flexibility index (Phi) is 5.76. The van der Waals surface area contributed by atoms with Crippen LogP contribution in [0.3, 0.4) is 0 Å². The second kappa shape index (κ2) is 8.59. The molecule has 1 heterocycles. The van der Waals surface area contributed by atoms with Gasteiger partial charge in [-0.2, -0.15) is 0 Å².